The molecule has 0 fully saturated rings. The number of anilines is 5. The fraction of sp³-hybridized carbons (Fsp3) is 0.105. The number of benzene rings is 5. The van der Waals surface area contributed by atoms with Crippen molar-refractivity contribution in [3.8, 4) is 11.1 Å². The van der Waals surface area contributed by atoms with Crippen LogP contribution in [0.15, 0.2) is 151 Å². The van der Waals surface area contributed by atoms with Crippen LogP contribution in [0.5, 0.6) is 0 Å². The molecule has 0 heterocycles. The zero-order valence-electron chi connectivity index (χ0n) is 23.2. The highest BCUT2D eigenvalue weighted by Gasteiger charge is 2.17. The highest BCUT2D eigenvalue weighted by molar-refractivity contribution is 5.81. The third-order valence-electron chi connectivity index (χ3n) is 7.50. The number of hydrogen-bond donors (Lipinski definition) is 0. The van der Waals surface area contributed by atoms with Crippen molar-refractivity contribution in [1.82, 2.24) is 0 Å². The van der Waals surface area contributed by atoms with Crippen molar-refractivity contribution < 1.29 is 0 Å². The van der Waals surface area contributed by atoms with Gasteiger partial charge < -0.3 is 9.80 Å². The van der Waals surface area contributed by atoms with Crippen molar-refractivity contribution in [3.63, 3.8) is 0 Å². The van der Waals surface area contributed by atoms with Crippen molar-refractivity contribution in [2.75, 3.05) is 9.80 Å². The zero-order chi connectivity index (χ0) is 27.3. The summed E-state index contributed by atoms with van der Waals surface area (Å²) in [6, 6.07) is 45.5. The van der Waals surface area contributed by atoms with Gasteiger partial charge in [0.25, 0.3) is 0 Å². The van der Waals surface area contributed by atoms with Crippen LogP contribution in [0.2, 0.25) is 0 Å². The van der Waals surface area contributed by atoms with E-state index in [0.29, 0.717) is 0 Å². The Kier molecular flexibility index (Phi) is 7.32. The summed E-state index contributed by atoms with van der Waals surface area (Å²) in [5.74, 6) is 0. The fourth-order valence-corrected chi connectivity index (χ4v) is 5.57. The van der Waals surface area contributed by atoms with E-state index in [1.54, 1.807) is 0 Å². The van der Waals surface area contributed by atoms with Crippen LogP contribution >= 0.6 is 0 Å². The maximum atomic E-state index is 2.36. The van der Waals surface area contributed by atoms with E-state index >= 15 is 0 Å². The van der Waals surface area contributed by atoms with Gasteiger partial charge in [0.15, 0.2) is 0 Å². The van der Waals surface area contributed by atoms with Gasteiger partial charge in [-0.05, 0) is 116 Å². The van der Waals surface area contributed by atoms with Crippen LogP contribution in [-0.2, 0) is 0 Å². The summed E-state index contributed by atoms with van der Waals surface area (Å²) < 4.78 is 0. The molecule has 0 amide bonds. The molecule has 0 aromatic heterocycles. The smallest absolute Gasteiger partial charge is 0.0464 e. The summed E-state index contributed by atoms with van der Waals surface area (Å²) >= 11 is 0. The van der Waals surface area contributed by atoms with Crippen molar-refractivity contribution in [2.24, 2.45) is 0 Å². The lowest BCUT2D eigenvalue weighted by Crippen LogP contribution is -2.16. The SMILES string of the molecule is Cc1cc(N(C2=CCCC=C2)c2ccccc2)ccc1-c1ccc(N(c2ccccc2)c2ccccc2)cc1C. The summed E-state index contributed by atoms with van der Waals surface area (Å²) in [4.78, 5) is 4.68. The number of hydrogen-bond acceptors (Lipinski definition) is 2. The lowest BCUT2D eigenvalue weighted by atomic mass is 9.95. The number of nitrogens with zero attached hydrogens (tertiary/aromatic N) is 2. The van der Waals surface area contributed by atoms with Gasteiger partial charge in [-0.15, -0.1) is 0 Å². The highest BCUT2D eigenvalue weighted by Crippen LogP contribution is 2.39. The molecule has 5 aromatic rings. The Hall–Kier alpha value is -4.82. The molecule has 0 unspecified atom stereocenters. The van der Waals surface area contributed by atoms with Crippen LogP contribution in [0.1, 0.15) is 24.0 Å². The van der Waals surface area contributed by atoms with Gasteiger partial charge in [0.05, 0.1) is 0 Å². The predicted molar refractivity (Wildman–Crippen MR) is 171 cm³/mol. The van der Waals surface area contributed by atoms with E-state index in [1.165, 1.54) is 39.3 Å². The Bertz CT molecular complexity index is 1610. The summed E-state index contributed by atoms with van der Waals surface area (Å²) in [5, 5.41) is 0. The average Bonchev–Trinajstić information content (AvgIpc) is 3.00. The first-order valence-electron chi connectivity index (χ1n) is 14.0. The van der Waals surface area contributed by atoms with Crippen LogP contribution in [-0.4, -0.2) is 0 Å². The summed E-state index contributed by atoms with van der Waals surface area (Å²) in [6.45, 7) is 4.44. The standard InChI is InChI=1S/C38H34N2/c1-29-27-35(39(31-15-7-3-8-16-31)32-17-9-4-10-18-32)23-25-37(29)38-26-24-36(28-30(38)2)40(33-19-11-5-12-20-33)34-21-13-6-14-22-34/h3-5,7-13,15-28H,6,14H2,1-2H3. The number of allylic oxidation sites excluding steroid dienone is 3. The molecular formula is C38H34N2. The van der Waals surface area contributed by atoms with Gasteiger partial charge in [0.2, 0.25) is 0 Å². The molecule has 40 heavy (non-hydrogen) atoms. The normalized spacial score (nSPS) is 12.6. The van der Waals surface area contributed by atoms with Crippen LogP contribution < -0.4 is 9.80 Å². The molecule has 0 saturated carbocycles. The van der Waals surface area contributed by atoms with Crippen LogP contribution in [0.25, 0.3) is 11.1 Å². The van der Waals surface area contributed by atoms with Gasteiger partial charge in [-0.1, -0.05) is 78.9 Å². The van der Waals surface area contributed by atoms with Gasteiger partial charge in [0, 0.05) is 34.1 Å². The first kappa shape index (κ1) is 25.5. The molecule has 0 N–H and O–H groups in total. The molecule has 1 aliphatic carbocycles. The highest BCUT2D eigenvalue weighted by atomic mass is 15.1. The molecular weight excluding hydrogens is 484 g/mol. The number of aryl methyl sites for hydroxylation is 2. The Morgan fingerprint density at radius 2 is 0.900 bits per heavy atom. The maximum absolute atomic E-state index is 2.36. The number of rotatable bonds is 7. The summed E-state index contributed by atoms with van der Waals surface area (Å²) in [7, 11) is 0. The van der Waals surface area contributed by atoms with Gasteiger partial charge in [0.1, 0.15) is 0 Å². The molecule has 0 spiro atoms. The lowest BCUT2D eigenvalue weighted by molar-refractivity contribution is 0.997. The lowest BCUT2D eigenvalue weighted by Gasteiger charge is -2.28. The van der Waals surface area contributed by atoms with Gasteiger partial charge in [-0.2, -0.15) is 0 Å². The minimum Gasteiger partial charge on any atom is -0.311 e. The molecule has 5 aromatic carbocycles. The van der Waals surface area contributed by atoms with Crippen molar-refractivity contribution in [1.29, 1.82) is 0 Å². The molecule has 0 radical (unpaired) electrons. The average molecular weight is 519 g/mol. The molecule has 0 saturated heterocycles. The second-order valence-corrected chi connectivity index (χ2v) is 10.3. The van der Waals surface area contributed by atoms with Gasteiger partial charge >= 0.3 is 0 Å². The largest absolute Gasteiger partial charge is 0.311 e. The van der Waals surface area contributed by atoms with Crippen molar-refractivity contribution in [3.05, 3.63) is 162 Å². The molecule has 1 aliphatic rings. The van der Waals surface area contributed by atoms with Gasteiger partial charge in [-0.25, -0.2) is 0 Å². The minimum absolute atomic E-state index is 1.07. The summed E-state index contributed by atoms with van der Waals surface area (Å²) in [5.41, 5.74) is 12.1. The van der Waals surface area contributed by atoms with E-state index < -0.39 is 0 Å². The van der Waals surface area contributed by atoms with Crippen LogP contribution in [0.4, 0.5) is 28.4 Å². The first-order chi connectivity index (χ1) is 19.7. The Morgan fingerprint density at radius 3 is 1.32 bits per heavy atom. The second-order valence-electron chi connectivity index (χ2n) is 10.3. The predicted octanol–water partition coefficient (Wildman–Crippen LogP) is 10.8. The van der Waals surface area contributed by atoms with Gasteiger partial charge in [-0.3, -0.25) is 0 Å². The molecule has 6 rings (SSSR count). The fourth-order valence-electron chi connectivity index (χ4n) is 5.57. The van der Waals surface area contributed by atoms with E-state index in [4.69, 9.17) is 0 Å². The molecule has 2 nitrogen and oxygen atoms in total. The van der Waals surface area contributed by atoms with E-state index in [9.17, 15) is 0 Å². The second kappa shape index (κ2) is 11.5. The molecule has 2 heteroatoms. The third kappa shape index (κ3) is 5.21. The Morgan fingerprint density at radius 1 is 0.450 bits per heavy atom. The summed E-state index contributed by atoms with van der Waals surface area (Å²) in [6.07, 6.45) is 9.02. The quantitative estimate of drug-likeness (QED) is 0.211. The zero-order valence-corrected chi connectivity index (χ0v) is 23.2. The van der Waals surface area contributed by atoms with Crippen LogP contribution in [0.3, 0.4) is 0 Å². The molecule has 0 atom stereocenters. The van der Waals surface area contributed by atoms with E-state index in [2.05, 4.69) is 169 Å². The first-order valence-corrected chi connectivity index (χ1v) is 14.0. The Balaban J connectivity index is 1.37. The van der Waals surface area contributed by atoms with Crippen molar-refractivity contribution in [2.45, 2.75) is 26.7 Å². The van der Waals surface area contributed by atoms with E-state index in [0.717, 1.165) is 29.9 Å². The topological polar surface area (TPSA) is 6.48 Å². The van der Waals surface area contributed by atoms with Crippen LogP contribution in [0, 0.1) is 13.8 Å². The molecule has 0 bridgehead atoms. The Labute approximate surface area is 238 Å². The maximum Gasteiger partial charge on any atom is 0.0464 e. The van der Waals surface area contributed by atoms with E-state index in [-0.39, 0.29) is 0 Å². The third-order valence-corrected chi connectivity index (χ3v) is 7.50. The molecule has 0 aliphatic heterocycles. The minimum atomic E-state index is 1.07. The number of para-hydroxylation sites is 3. The molecule has 196 valence electrons. The van der Waals surface area contributed by atoms with E-state index in [1.807, 2.05) is 0 Å². The monoisotopic (exact) mass is 518 g/mol. The van der Waals surface area contributed by atoms with Crippen molar-refractivity contribution >= 4 is 28.4 Å².